The highest BCUT2D eigenvalue weighted by Crippen LogP contribution is 1.97. The van der Waals surface area contributed by atoms with Crippen LogP contribution in [0.1, 0.15) is 12.0 Å². The minimum Gasteiger partial charge on any atom is -0.314 e. The van der Waals surface area contributed by atoms with Gasteiger partial charge in [0, 0.05) is 39.3 Å². The van der Waals surface area contributed by atoms with E-state index in [1.807, 2.05) is 18.2 Å². The normalized spacial score (nSPS) is 16.9. The molecule has 100 valence electrons. The largest absolute Gasteiger partial charge is 0.314 e. The van der Waals surface area contributed by atoms with Gasteiger partial charge in [0.15, 0.2) is 0 Å². The molecule has 1 saturated heterocycles. The Morgan fingerprint density at radius 1 is 1.17 bits per heavy atom. The third-order valence-corrected chi connectivity index (χ3v) is 3.15. The maximum atomic E-state index is 5.44. The van der Waals surface area contributed by atoms with Gasteiger partial charge in [-0.3, -0.25) is 0 Å². The van der Waals surface area contributed by atoms with Crippen LogP contribution in [-0.2, 0) is 11.4 Å². The maximum absolute atomic E-state index is 5.44. The molecule has 1 aromatic carbocycles. The summed E-state index contributed by atoms with van der Waals surface area (Å²) < 4.78 is 0. The van der Waals surface area contributed by atoms with Crippen LogP contribution in [0.4, 0.5) is 0 Å². The molecular formula is C14H23N3O. The molecule has 18 heavy (non-hydrogen) atoms. The lowest BCUT2D eigenvalue weighted by Crippen LogP contribution is -2.44. The molecule has 0 aromatic heterocycles. The molecule has 2 N–H and O–H groups in total. The summed E-state index contributed by atoms with van der Waals surface area (Å²) in [7, 11) is 0. The van der Waals surface area contributed by atoms with Crippen LogP contribution in [-0.4, -0.2) is 44.2 Å². The van der Waals surface area contributed by atoms with Gasteiger partial charge in [-0.25, -0.2) is 0 Å². The van der Waals surface area contributed by atoms with Crippen LogP contribution in [0.5, 0.6) is 0 Å². The van der Waals surface area contributed by atoms with E-state index < -0.39 is 0 Å². The van der Waals surface area contributed by atoms with Gasteiger partial charge in [-0.05, 0) is 12.0 Å². The Morgan fingerprint density at radius 3 is 2.72 bits per heavy atom. The summed E-state index contributed by atoms with van der Waals surface area (Å²) in [4.78, 5) is 7.92. The molecule has 2 rings (SSSR count). The van der Waals surface area contributed by atoms with Crippen molar-refractivity contribution in [2.75, 3.05) is 39.3 Å². The van der Waals surface area contributed by atoms with Crippen molar-refractivity contribution < 1.29 is 4.84 Å². The molecule has 0 bridgehead atoms. The van der Waals surface area contributed by atoms with Crippen LogP contribution < -0.4 is 10.8 Å². The van der Waals surface area contributed by atoms with E-state index in [1.165, 1.54) is 5.56 Å². The third-order valence-electron chi connectivity index (χ3n) is 3.15. The summed E-state index contributed by atoms with van der Waals surface area (Å²) in [5.74, 6) is 0. The number of nitrogens with one attached hydrogen (secondary N) is 2. The Labute approximate surface area is 109 Å². The van der Waals surface area contributed by atoms with Gasteiger partial charge in [-0.15, -0.1) is 0 Å². The van der Waals surface area contributed by atoms with Gasteiger partial charge >= 0.3 is 0 Å². The number of hydroxylamine groups is 1. The van der Waals surface area contributed by atoms with Crippen molar-refractivity contribution in [1.29, 1.82) is 0 Å². The number of hydrogen-bond acceptors (Lipinski definition) is 4. The molecule has 0 spiro atoms. The molecule has 0 atom stereocenters. The Morgan fingerprint density at radius 2 is 1.94 bits per heavy atom. The maximum Gasteiger partial charge on any atom is 0.0694 e. The Bertz CT molecular complexity index is 312. The van der Waals surface area contributed by atoms with Gasteiger partial charge in [0.2, 0.25) is 0 Å². The SMILES string of the molecule is c1ccc(CNOCCCN2CCNCC2)cc1. The standard InChI is InChI=1S/C14H23N3O/c1-2-5-14(6-3-1)13-16-18-12-4-9-17-10-7-15-8-11-17/h1-3,5-6,15-16H,4,7-13H2. The second kappa shape index (κ2) is 8.21. The summed E-state index contributed by atoms with van der Waals surface area (Å²) in [6, 6.07) is 10.3. The number of hydrogen-bond donors (Lipinski definition) is 2. The lowest BCUT2D eigenvalue weighted by atomic mass is 10.2. The van der Waals surface area contributed by atoms with Gasteiger partial charge in [0.05, 0.1) is 6.61 Å². The van der Waals surface area contributed by atoms with E-state index in [1.54, 1.807) is 0 Å². The summed E-state index contributed by atoms with van der Waals surface area (Å²) in [5, 5.41) is 3.36. The van der Waals surface area contributed by atoms with Gasteiger partial charge in [0.1, 0.15) is 0 Å². The molecule has 4 heteroatoms. The van der Waals surface area contributed by atoms with Crippen molar-refractivity contribution in [2.45, 2.75) is 13.0 Å². The molecule has 1 aliphatic heterocycles. The molecule has 1 heterocycles. The van der Waals surface area contributed by atoms with Gasteiger partial charge in [-0.2, -0.15) is 5.48 Å². The minimum atomic E-state index is 0.772. The van der Waals surface area contributed by atoms with E-state index in [0.717, 1.165) is 52.3 Å². The predicted molar refractivity (Wildman–Crippen MR) is 73.2 cm³/mol. The zero-order chi connectivity index (χ0) is 12.5. The van der Waals surface area contributed by atoms with Crippen molar-refractivity contribution in [3.63, 3.8) is 0 Å². The number of piperazine rings is 1. The molecule has 1 aliphatic rings. The fourth-order valence-electron chi connectivity index (χ4n) is 2.10. The van der Waals surface area contributed by atoms with E-state index in [-0.39, 0.29) is 0 Å². The molecule has 0 aliphatic carbocycles. The van der Waals surface area contributed by atoms with E-state index in [0.29, 0.717) is 0 Å². The van der Waals surface area contributed by atoms with Gasteiger partial charge in [-0.1, -0.05) is 30.3 Å². The molecular weight excluding hydrogens is 226 g/mol. The fraction of sp³-hybridized carbons (Fsp3) is 0.571. The van der Waals surface area contributed by atoms with Crippen LogP contribution in [0.15, 0.2) is 30.3 Å². The van der Waals surface area contributed by atoms with E-state index in [9.17, 15) is 0 Å². The molecule has 4 nitrogen and oxygen atoms in total. The van der Waals surface area contributed by atoms with E-state index in [2.05, 4.69) is 27.8 Å². The van der Waals surface area contributed by atoms with Crippen molar-refractivity contribution in [2.24, 2.45) is 0 Å². The zero-order valence-electron chi connectivity index (χ0n) is 10.9. The Hall–Kier alpha value is -0.940. The van der Waals surface area contributed by atoms with Crippen molar-refractivity contribution >= 4 is 0 Å². The topological polar surface area (TPSA) is 36.5 Å². The predicted octanol–water partition coefficient (Wildman–Crippen LogP) is 1.00. The zero-order valence-corrected chi connectivity index (χ0v) is 10.9. The summed E-state index contributed by atoms with van der Waals surface area (Å²) in [6.07, 6.45) is 1.09. The fourth-order valence-corrected chi connectivity index (χ4v) is 2.10. The average molecular weight is 249 g/mol. The molecule has 0 saturated carbocycles. The first-order chi connectivity index (χ1) is 8.95. The molecule has 1 fully saturated rings. The van der Waals surface area contributed by atoms with Crippen LogP contribution in [0, 0.1) is 0 Å². The lowest BCUT2D eigenvalue weighted by molar-refractivity contribution is 0.0301. The minimum absolute atomic E-state index is 0.772. The van der Waals surface area contributed by atoms with Crippen molar-refractivity contribution in [3.05, 3.63) is 35.9 Å². The average Bonchev–Trinajstić information content (AvgIpc) is 2.45. The quantitative estimate of drug-likeness (QED) is 0.558. The first-order valence-corrected chi connectivity index (χ1v) is 6.77. The smallest absolute Gasteiger partial charge is 0.0694 e. The second-order valence-corrected chi connectivity index (χ2v) is 4.60. The van der Waals surface area contributed by atoms with E-state index >= 15 is 0 Å². The van der Waals surface area contributed by atoms with Crippen LogP contribution in [0.2, 0.25) is 0 Å². The molecule has 0 amide bonds. The molecule has 0 unspecified atom stereocenters. The number of benzene rings is 1. The molecule has 1 aromatic rings. The third kappa shape index (κ3) is 5.14. The van der Waals surface area contributed by atoms with Crippen LogP contribution in [0.3, 0.4) is 0 Å². The number of rotatable bonds is 7. The van der Waals surface area contributed by atoms with Crippen LogP contribution >= 0.6 is 0 Å². The first kappa shape index (κ1) is 13.5. The van der Waals surface area contributed by atoms with Crippen LogP contribution in [0.25, 0.3) is 0 Å². The first-order valence-electron chi connectivity index (χ1n) is 6.77. The lowest BCUT2D eigenvalue weighted by Gasteiger charge is -2.26. The second-order valence-electron chi connectivity index (χ2n) is 4.60. The monoisotopic (exact) mass is 249 g/mol. The highest BCUT2D eigenvalue weighted by atomic mass is 16.6. The van der Waals surface area contributed by atoms with Gasteiger partial charge in [0.25, 0.3) is 0 Å². The Balaban J connectivity index is 1.46. The van der Waals surface area contributed by atoms with Crippen molar-refractivity contribution in [3.8, 4) is 0 Å². The highest BCUT2D eigenvalue weighted by Gasteiger charge is 2.07. The Kier molecular flexibility index (Phi) is 6.16. The van der Waals surface area contributed by atoms with Crippen molar-refractivity contribution in [1.82, 2.24) is 15.7 Å². The summed E-state index contributed by atoms with van der Waals surface area (Å²) in [6.45, 7) is 7.25. The number of nitrogens with zero attached hydrogens (tertiary/aromatic N) is 1. The summed E-state index contributed by atoms with van der Waals surface area (Å²) >= 11 is 0. The molecule has 0 radical (unpaired) electrons. The van der Waals surface area contributed by atoms with E-state index in [4.69, 9.17) is 4.84 Å². The summed E-state index contributed by atoms with van der Waals surface area (Å²) in [5.41, 5.74) is 4.26. The highest BCUT2D eigenvalue weighted by molar-refractivity contribution is 5.13. The van der Waals surface area contributed by atoms with Gasteiger partial charge < -0.3 is 15.1 Å².